The van der Waals surface area contributed by atoms with Gasteiger partial charge in [0.25, 0.3) is 0 Å². The molecule has 0 radical (unpaired) electrons. The first-order valence-corrected chi connectivity index (χ1v) is 15.9. The van der Waals surface area contributed by atoms with Gasteiger partial charge in [0.1, 0.15) is 0 Å². The molecular weight excluding hydrogens is 536 g/mol. The lowest BCUT2D eigenvalue weighted by Crippen LogP contribution is -2.29. The molecule has 0 amide bonds. The summed E-state index contributed by atoms with van der Waals surface area (Å²) in [6.45, 7) is 25.4. The van der Waals surface area contributed by atoms with Gasteiger partial charge in [-0.2, -0.15) is 0 Å². The zero-order chi connectivity index (χ0) is 32.6. The maximum Gasteiger partial charge on any atom is 0.186 e. The van der Waals surface area contributed by atoms with Crippen LogP contribution in [0.4, 0.5) is 0 Å². The molecule has 0 N–H and O–H groups in total. The Kier molecular flexibility index (Phi) is 7.48. The number of hydrogen-bond acceptors (Lipinski definition) is 2. The number of fused-ring (bicyclic) bond motifs is 2. The molecule has 0 saturated carbocycles. The fourth-order valence-corrected chi connectivity index (χ4v) is 6.33. The van der Waals surface area contributed by atoms with Gasteiger partial charge in [-0.3, -0.25) is 9.59 Å². The summed E-state index contributed by atoms with van der Waals surface area (Å²) in [6, 6.07) is 17.5. The molecule has 0 spiro atoms. The van der Waals surface area contributed by atoms with E-state index in [1.165, 1.54) is 10.8 Å². The molecule has 0 bridgehead atoms. The molecule has 44 heavy (non-hydrogen) atoms. The van der Waals surface area contributed by atoms with Crippen molar-refractivity contribution in [1.29, 1.82) is 0 Å². The standard InChI is InChI=1S/C42H48O2/c1-39(2,3)33-21-27(22-34(37(33)43)40(4,5)6)29-17-18-30(32-20-26-16-14-13-15-25(26)19-31(29)32)28-23-35(41(7,8)9)38(44)36(24-28)42(10,11)12/h13-24H,1-12H3. The molecular formula is C42H48O2. The number of carbonyl (C=O) groups excluding carboxylic acids is 2. The van der Waals surface area contributed by atoms with Gasteiger partial charge in [0.15, 0.2) is 11.6 Å². The van der Waals surface area contributed by atoms with Gasteiger partial charge in [-0.1, -0.05) is 119 Å². The summed E-state index contributed by atoms with van der Waals surface area (Å²) < 4.78 is 0. The lowest BCUT2D eigenvalue weighted by atomic mass is 9.71. The molecule has 0 atom stereocenters. The molecule has 0 aromatic heterocycles. The van der Waals surface area contributed by atoms with Crippen molar-refractivity contribution in [3.8, 4) is 0 Å². The van der Waals surface area contributed by atoms with Gasteiger partial charge in [-0.05, 0) is 101 Å². The zero-order valence-corrected chi connectivity index (χ0v) is 28.7. The minimum atomic E-state index is -0.289. The van der Waals surface area contributed by atoms with Crippen LogP contribution >= 0.6 is 0 Å². The van der Waals surface area contributed by atoms with Crippen LogP contribution in [0.15, 0.2) is 95.1 Å². The van der Waals surface area contributed by atoms with E-state index in [0.717, 1.165) is 54.6 Å². The van der Waals surface area contributed by atoms with Crippen molar-refractivity contribution in [3.05, 3.63) is 106 Å². The third kappa shape index (κ3) is 5.72. The average Bonchev–Trinajstić information content (AvgIpc) is 2.89. The Labute approximate surface area is 263 Å². The van der Waals surface area contributed by atoms with Crippen molar-refractivity contribution in [2.45, 2.75) is 83.1 Å². The second-order valence-electron chi connectivity index (χ2n) is 16.7. The molecule has 5 rings (SSSR count). The van der Waals surface area contributed by atoms with Crippen LogP contribution in [0.1, 0.15) is 83.1 Å². The van der Waals surface area contributed by atoms with E-state index in [-0.39, 0.29) is 33.2 Å². The Morgan fingerprint density at radius 2 is 0.682 bits per heavy atom. The minimum absolute atomic E-state index is 0.141. The van der Waals surface area contributed by atoms with Crippen molar-refractivity contribution < 1.29 is 9.59 Å². The van der Waals surface area contributed by atoms with Crippen molar-refractivity contribution in [2.75, 3.05) is 0 Å². The normalized spacial score (nSPS) is 17.2. The highest BCUT2D eigenvalue weighted by molar-refractivity contribution is 6.16. The number of benzene rings is 3. The van der Waals surface area contributed by atoms with Gasteiger partial charge in [-0.25, -0.2) is 0 Å². The third-order valence-corrected chi connectivity index (χ3v) is 8.91. The number of ketones is 2. The molecule has 0 unspecified atom stereocenters. The van der Waals surface area contributed by atoms with Crippen LogP contribution in [0.2, 0.25) is 0 Å². The Morgan fingerprint density at radius 3 is 0.932 bits per heavy atom. The van der Waals surface area contributed by atoms with Crippen LogP contribution in [-0.4, -0.2) is 11.6 Å². The summed E-state index contributed by atoms with van der Waals surface area (Å²) >= 11 is 0. The summed E-state index contributed by atoms with van der Waals surface area (Å²) in [4.78, 5) is 27.5. The molecule has 0 fully saturated rings. The van der Waals surface area contributed by atoms with Crippen LogP contribution in [0.25, 0.3) is 32.7 Å². The fraction of sp³-hybridized carbons (Fsp3) is 0.381. The van der Waals surface area contributed by atoms with E-state index >= 15 is 0 Å². The average molecular weight is 585 g/mol. The lowest BCUT2D eigenvalue weighted by molar-refractivity contribution is -0.114. The molecule has 0 saturated heterocycles. The molecule has 2 heteroatoms. The van der Waals surface area contributed by atoms with Crippen LogP contribution in [0.3, 0.4) is 0 Å². The van der Waals surface area contributed by atoms with E-state index in [1.54, 1.807) is 0 Å². The SMILES string of the molecule is CC(C)(C)C1=CC(=c2ccc(=C3C=C(C(C)(C)C)C(=O)C(C(C)(C)C)=C3)c3cc4ccccc4cc23)C=C(C(C)(C)C)C1=O. The maximum atomic E-state index is 13.8. The molecule has 2 nitrogen and oxygen atoms in total. The Bertz CT molecular complexity index is 1770. The number of carbonyl (C=O) groups is 2. The van der Waals surface area contributed by atoms with E-state index in [0.29, 0.717) is 0 Å². The van der Waals surface area contributed by atoms with Crippen LogP contribution in [0, 0.1) is 21.7 Å². The van der Waals surface area contributed by atoms with Gasteiger partial charge in [-0.15, -0.1) is 0 Å². The molecule has 2 aliphatic rings. The van der Waals surface area contributed by atoms with Crippen molar-refractivity contribution in [3.63, 3.8) is 0 Å². The molecule has 0 aliphatic heterocycles. The van der Waals surface area contributed by atoms with E-state index in [9.17, 15) is 9.59 Å². The van der Waals surface area contributed by atoms with Gasteiger partial charge in [0.2, 0.25) is 0 Å². The first kappa shape index (κ1) is 31.6. The molecule has 0 heterocycles. The van der Waals surface area contributed by atoms with Gasteiger partial charge in [0, 0.05) is 22.3 Å². The number of Topliss-reactive ketones (excluding diaryl/α,β-unsaturated/α-hetero) is 2. The predicted molar refractivity (Wildman–Crippen MR) is 188 cm³/mol. The smallest absolute Gasteiger partial charge is 0.186 e. The fourth-order valence-electron chi connectivity index (χ4n) is 6.33. The summed E-state index contributed by atoms with van der Waals surface area (Å²) in [7, 11) is 0. The largest absolute Gasteiger partial charge is 0.289 e. The maximum absolute atomic E-state index is 13.8. The highest BCUT2D eigenvalue weighted by Crippen LogP contribution is 2.41. The van der Waals surface area contributed by atoms with Crippen molar-refractivity contribution in [1.82, 2.24) is 0 Å². The van der Waals surface area contributed by atoms with Crippen LogP contribution < -0.4 is 10.4 Å². The molecule has 2 aliphatic carbocycles. The second kappa shape index (κ2) is 10.4. The summed E-state index contributed by atoms with van der Waals surface area (Å²) in [5, 5.41) is 6.84. The zero-order valence-electron chi connectivity index (χ0n) is 28.7. The number of hydrogen-bond donors (Lipinski definition) is 0. The lowest BCUT2D eigenvalue weighted by Gasteiger charge is -2.31. The van der Waals surface area contributed by atoms with Crippen molar-refractivity contribution >= 4 is 44.3 Å². The highest BCUT2D eigenvalue weighted by atomic mass is 16.1. The molecule has 228 valence electrons. The third-order valence-electron chi connectivity index (χ3n) is 8.91. The van der Waals surface area contributed by atoms with Crippen LogP contribution in [-0.2, 0) is 9.59 Å². The Morgan fingerprint density at radius 1 is 0.409 bits per heavy atom. The van der Waals surface area contributed by atoms with Crippen LogP contribution in [0.5, 0.6) is 0 Å². The predicted octanol–water partition coefficient (Wildman–Crippen LogP) is 9.35. The second-order valence-corrected chi connectivity index (χ2v) is 16.7. The monoisotopic (exact) mass is 584 g/mol. The van der Waals surface area contributed by atoms with E-state index < -0.39 is 0 Å². The number of rotatable bonds is 0. The van der Waals surface area contributed by atoms with E-state index in [2.05, 4.69) is 156 Å². The molecule has 3 aromatic rings. The van der Waals surface area contributed by atoms with Gasteiger partial charge >= 0.3 is 0 Å². The quantitative estimate of drug-likeness (QED) is 0.247. The van der Waals surface area contributed by atoms with E-state index in [1.807, 2.05) is 0 Å². The first-order chi connectivity index (χ1) is 20.2. The topological polar surface area (TPSA) is 34.1 Å². The summed E-state index contributed by atoms with van der Waals surface area (Å²) in [6.07, 6.45) is 8.46. The highest BCUT2D eigenvalue weighted by Gasteiger charge is 2.35. The molecule has 3 aromatic carbocycles. The minimum Gasteiger partial charge on any atom is -0.289 e. The van der Waals surface area contributed by atoms with Gasteiger partial charge in [0.05, 0.1) is 0 Å². The van der Waals surface area contributed by atoms with Crippen molar-refractivity contribution in [2.24, 2.45) is 21.7 Å². The number of allylic oxidation sites excluding steroid dienone is 8. The Hall–Kier alpha value is -3.78. The van der Waals surface area contributed by atoms with E-state index in [4.69, 9.17) is 0 Å². The summed E-state index contributed by atoms with van der Waals surface area (Å²) in [5.41, 5.74) is 4.33. The Balaban J connectivity index is 2.01. The summed E-state index contributed by atoms with van der Waals surface area (Å²) in [5.74, 6) is 0.282. The first-order valence-electron chi connectivity index (χ1n) is 15.9. The van der Waals surface area contributed by atoms with Gasteiger partial charge < -0.3 is 0 Å².